The van der Waals surface area contributed by atoms with Gasteiger partial charge in [-0.05, 0) is 44.7 Å². The van der Waals surface area contributed by atoms with Gasteiger partial charge in [0, 0.05) is 68.4 Å². The number of aromatic nitrogens is 1. The van der Waals surface area contributed by atoms with Crippen LogP contribution in [0.25, 0.3) is 10.9 Å². The van der Waals surface area contributed by atoms with E-state index in [1.54, 1.807) is 14.2 Å². The van der Waals surface area contributed by atoms with Gasteiger partial charge in [-0.3, -0.25) is 4.79 Å². The number of halogens is 1. The Morgan fingerprint density at radius 2 is 1.96 bits per heavy atom. The summed E-state index contributed by atoms with van der Waals surface area (Å²) in [6.45, 7) is 6.22. The highest BCUT2D eigenvalue weighted by Crippen LogP contribution is 2.40. The van der Waals surface area contributed by atoms with Crippen LogP contribution in [0.5, 0.6) is 0 Å². The van der Waals surface area contributed by atoms with Gasteiger partial charge in [-0.1, -0.05) is 18.2 Å². The number of nitrogens with zero attached hydrogens (tertiary/aromatic N) is 2. The highest BCUT2D eigenvalue weighted by Gasteiger charge is 2.33. The molecule has 0 aliphatic heterocycles. The summed E-state index contributed by atoms with van der Waals surface area (Å²) < 4.78 is 19.1. The summed E-state index contributed by atoms with van der Waals surface area (Å²) in [5.41, 5.74) is 3.57. The second kappa shape index (κ2) is 10.7. The third-order valence-electron chi connectivity index (χ3n) is 5.14. The first-order valence-corrected chi connectivity index (χ1v) is 10.5. The molecule has 0 fully saturated rings. The number of amides is 1. The van der Waals surface area contributed by atoms with Crippen molar-refractivity contribution < 1.29 is 13.4 Å². The van der Waals surface area contributed by atoms with Crippen molar-refractivity contribution in [2.24, 2.45) is 0 Å². The summed E-state index contributed by atoms with van der Waals surface area (Å²) in [4.78, 5) is 15.0. The Hall–Kier alpha value is -1.53. The summed E-state index contributed by atoms with van der Waals surface area (Å²) in [7, 11) is 3.25. The van der Waals surface area contributed by atoms with E-state index in [0.717, 1.165) is 37.9 Å². The Morgan fingerprint density at radius 1 is 1.30 bits per heavy atom. The maximum Gasteiger partial charge on any atom is 0.230 e. The standard InChI is InChI=1S/C19H25FN2OS.C2H6O/c1-3-21(4-2)19(23)15-9-7-11-17-18(15)14-8-5-6-10-16(14)22(17)12-13-24-20;1-3-2/h5-6,8,10,15H,3-4,7,9,11-13H2,1-2H3;1-2H3/t15-;/m0./s1. The number of rotatable bonds is 6. The number of para-hydroxylation sites is 1. The molecule has 3 rings (SSSR count). The van der Waals surface area contributed by atoms with E-state index in [1.807, 2.05) is 30.9 Å². The van der Waals surface area contributed by atoms with E-state index in [1.165, 1.54) is 16.6 Å². The molecule has 0 unspecified atom stereocenters. The van der Waals surface area contributed by atoms with Crippen molar-refractivity contribution in [3.63, 3.8) is 0 Å². The van der Waals surface area contributed by atoms with Gasteiger partial charge in [-0.2, -0.15) is 3.89 Å². The molecule has 1 amide bonds. The molecule has 1 aromatic carbocycles. The zero-order chi connectivity index (χ0) is 19.8. The van der Waals surface area contributed by atoms with Crippen molar-refractivity contribution in [1.29, 1.82) is 0 Å². The topological polar surface area (TPSA) is 34.5 Å². The van der Waals surface area contributed by atoms with Crippen molar-refractivity contribution in [1.82, 2.24) is 9.47 Å². The first-order valence-electron chi connectivity index (χ1n) is 9.66. The van der Waals surface area contributed by atoms with Crippen LogP contribution in [0.1, 0.15) is 43.9 Å². The smallest absolute Gasteiger partial charge is 0.230 e. The number of hydrogen-bond donors (Lipinski definition) is 0. The Morgan fingerprint density at radius 3 is 2.59 bits per heavy atom. The molecule has 0 saturated heterocycles. The monoisotopic (exact) mass is 394 g/mol. The molecule has 0 N–H and O–H groups in total. The van der Waals surface area contributed by atoms with Crippen molar-refractivity contribution in [3.05, 3.63) is 35.5 Å². The second-order valence-corrected chi connectivity index (χ2v) is 7.33. The van der Waals surface area contributed by atoms with Crippen LogP contribution in [-0.2, 0) is 22.5 Å². The van der Waals surface area contributed by atoms with Gasteiger partial charge < -0.3 is 14.2 Å². The van der Waals surface area contributed by atoms with Gasteiger partial charge in [0.25, 0.3) is 0 Å². The van der Waals surface area contributed by atoms with Gasteiger partial charge in [-0.15, -0.1) is 0 Å². The number of aryl methyl sites for hydroxylation is 1. The lowest BCUT2D eigenvalue weighted by atomic mass is 9.84. The number of likely N-dealkylation sites (N-methyl/N-ethyl adjacent to an activating group) is 1. The summed E-state index contributed by atoms with van der Waals surface area (Å²) in [6, 6.07) is 8.26. The van der Waals surface area contributed by atoms with Crippen molar-refractivity contribution >= 4 is 29.0 Å². The highest BCUT2D eigenvalue weighted by atomic mass is 32.2. The summed E-state index contributed by atoms with van der Waals surface area (Å²) in [5.74, 6) is 0.626. The first-order chi connectivity index (χ1) is 13.1. The van der Waals surface area contributed by atoms with Crippen molar-refractivity contribution in [2.45, 2.75) is 45.6 Å². The highest BCUT2D eigenvalue weighted by molar-refractivity contribution is 7.94. The Labute approximate surface area is 166 Å². The molecule has 150 valence electrons. The van der Waals surface area contributed by atoms with Gasteiger partial charge in [0.05, 0.1) is 5.92 Å². The van der Waals surface area contributed by atoms with E-state index in [-0.39, 0.29) is 11.8 Å². The molecule has 0 bridgehead atoms. The van der Waals surface area contributed by atoms with Crippen LogP contribution in [0, 0.1) is 0 Å². The Kier molecular flexibility index (Phi) is 8.64. The lowest BCUT2D eigenvalue weighted by Crippen LogP contribution is -2.36. The number of methoxy groups -OCH3 is 1. The van der Waals surface area contributed by atoms with Crippen LogP contribution in [0.15, 0.2) is 24.3 Å². The third-order valence-corrected chi connectivity index (χ3v) is 5.48. The summed E-state index contributed by atoms with van der Waals surface area (Å²) in [5, 5.41) is 1.17. The quantitative estimate of drug-likeness (QED) is 0.705. The first kappa shape index (κ1) is 21.8. The molecular formula is C21H31FN2O2S. The molecule has 1 aliphatic carbocycles. The zero-order valence-electron chi connectivity index (χ0n) is 16.8. The van der Waals surface area contributed by atoms with Gasteiger partial charge >= 0.3 is 0 Å². The van der Waals surface area contributed by atoms with Gasteiger partial charge in [0.15, 0.2) is 0 Å². The van der Waals surface area contributed by atoms with Crippen LogP contribution >= 0.6 is 12.1 Å². The van der Waals surface area contributed by atoms with Crippen LogP contribution < -0.4 is 0 Å². The van der Waals surface area contributed by atoms with E-state index >= 15 is 0 Å². The van der Waals surface area contributed by atoms with Crippen LogP contribution in [0.3, 0.4) is 0 Å². The van der Waals surface area contributed by atoms with E-state index < -0.39 is 0 Å². The number of ether oxygens (including phenoxy) is 1. The minimum absolute atomic E-state index is 0.0576. The molecule has 0 radical (unpaired) electrons. The minimum Gasteiger partial charge on any atom is -0.388 e. The van der Waals surface area contributed by atoms with Crippen LogP contribution in [0.4, 0.5) is 3.89 Å². The lowest BCUT2D eigenvalue weighted by molar-refractivity contribution is -0.132. The molecule has 1 aliphatic rings. The molecule has 6 heteroatoms. The van der Waals surface area contributed by atoms with Crippen molar-refractivity contribution in [2.75, 3.05) is 33.1 Å². The maximum absolute atomic E-state index is 13.0. The molecule has 1 aromatic heterocycles. The predicted octanol–water partition coefficient (Wildman–Crippen LogP) is 4.81. The molecule has 27 heavy (non-hydrogen) atoms. The molecule has 2 aromatic rings. The van der Waals surface area contributed by atoms with E-state index in [4.69, 9.17) is 0 Å². The van der Waals surface area contributed by atoms with Crippen molar-refractivity contribution in [3.8, 4) is 0 Å². The summed E-state index contributed by atoms with van der Waals surface area (Å²) >= 11 is 0.382. The largest absolute Gasteiger partial charge is 0.388 e. The van der Waals surface area contributed by atoms with E-state index in [0.29, 0.717) is 24.4 Å². The van der Waals surface area contributed by atoms with Gasteiger partial charge in [0.1, 0.15) is 0 Å². The fourth-order valence-corrected chi connectivity index (χ4v) is 4.29. The third kappa shape index (κ3) is 4.66. The molecule has 4 nitrogen and oxygen atoms in total. The minimum atomic E-state index is -0.0576. The van der Waals surface area contributed by atoms with Crippen LogP contribution in [-0.4, -0.2) is 48.4 Å². The number of hydrogen-bond acceptors (Lipinski definition) is 3. The average Bonchev–Trinajstić information content (AvgIpc) is 3.01. The number of carbonyl (C=O) groups is 1. The Balaban J connectivity index is 0.000000817. The van der Waals surface area contributed by atoms with Gasteiger partial charge in [-0.25, -0.2) is 0 Å². The average molecular weight is 395 g/mol. The summed E-state index contributed by atoms with van der Waals surface area (Å²) in [6.07, 6.45) is 2.90. The second-order valence-electron chi connectivity index (χ2n) is 6.71. The number of benzene rings is 1. The zero-order valence-corrected chi connectivity index (χ0v) is 17.7. The lowest BCUT2D eigenvalue weighted by Gasteiger charge is -2.29. The molecule has 0 saturated carbocycles. The molecular weight excluding hydrogens is 363 g/mol. The molecule has 1 heterocycles. The Bertz CT molecular complexity index is 743. The van der Waals surface area contributed by atoms with Gasteiger partial charge in [0.2, 0.25) is 5.91 Å². The number of fused-ring (bicyclic) bond motifs is 3. The SMILES string of the molecule is CCN(CC)C(=O)[C@H]1CCCc2c1c1ccccc1n2CCSF.COC. The van der Waals surface area contributed by atoms with E-state index in [9.17, 15) is 8.68 Å². The predicted molar refractivity (Wildman–Crippen MR) is 112 cm³/mol. The number of carbonyl (C=O) groups excluding carboxylic acids is 1. The normalized spacial score (nSPS) is 15.8. The fraction of sp³-hybridized carbons (Fsp3) is 0.571. The molecule has 0 spiro atoms. The van der Waals surface area contributed by atoms with E-state index in [2.05, 4.69) is 21.4 Å². The molecule has 1 atom stereocenters. The van der Waals surface area contributed by atoms with Crippen LogP contribution in [0.2, 0.25) is 0 Å². The maximum atomic E-state index is 13.0. The fourth-order valence-electron chi connectivity index (χ4n) is 4.04.